The van der Waals surface area contributed by atoms with Gasteiger partial charge in [-0.25, -0.2) is 4.79 Å². The molecule has 0 spiro atoms. The molecule has 13 nitrogen and oxygen atoms in total. The first-order valence-corrected chi connectivity index (χ1v) is 10.3. The van der Waals surface area contributed by atoms with Crippen LogP contribution in [0, 0.1) is 0 Å². The molecule has 30 heavy (non-hydrogen) atoms. The van der Waals surface area contributed by atoms with Gasteiger partial charge in [-0.05, 0) is 25.4 Å². The molecule has 0 rings (SSSR count). The number of amides is 4. The molecule has 0 aromatic heterocycles. The molecule has 0 heterocycles. The standard InChI is InChI=1S/C16H29N5O8S/c1-7(23)12(21-13(25)8(17)3-4-30-2)15(27)19-9(5-11(18)24)14(26)20-10(6-22)16(28)29/h7-10,12,22-23H,3-6,17H2,1-2H3,(H2,18,24)(H,19,27)(H,20,26)(H,21,25)(H,28,29). The molecule has 0 bridgehead atoms. The van der Waals surface area contributed by atoms with Gasteiger partial charge in [0.25, 0.3) is 0 Å². The Hall–Kier alpha value is -2.42. The van der Waals surface area contributed by atoms with E-state index >= 15 is 0 Å². The fourth-order valence-corrected chi connectivity index (χ4v) is 2.66. The summed E-state index contributed by atoms with van der Waals surface area (Å²) in [6, 6.07) is -5.72. The first-order valence-electron chi connectivity index (χ1n) is 8.90. The molecular weight excluding hydrogens is 422 g/mol. The molecule has 0 fully saturated rings. The number of carbonyl (C=O) groups excluding carboxylic acids is 4. The van der Waals surface area contributed by atoms with E-state index in [0.29, 0.717) is 12.2 Å². The lowest BCUT2D eigenvalue weighted by Crippen LogP contribution is -2.60. The number of hydrogen-bond acceptors (Lipinski definition) is 9. The first-order chi connectivity index (χ1) is 13.9. The van der Waals surface area contributed by atoms with Crippen molar-refractivity contribution in [3.05, 3.63) is 0 Å². The average molecular weight is 452 g/mol. The van der Waals surface area contributed by atoms with Crippen molar-refractivity contribution in [1.82, 2.24) is 16.0 Å². The number of aliphatic hydroxyl groups is 2. The molecule has 0 aliphatic heterocycles. The van der Waals surface area contributed by atoms with E-state index < -0.39 is 72.9 Å². The van der Waals surface area contributed by atoms with Crippen LogP contribution in [0.1, 0.15) is 19.8 Å². The summed E-state index contributed by atoms with van der Waals surface area (Å²) in [5, 5.41) is 34.1. The summed E-state index contributed by atoms with van der Waals surface area (Å²) in [5.74, 6) is -4.75. The van der Waals surface area contributed by atoms with E-state index in [0.717, 1.165) is 0 Å². The second-order valence-electron chi connectivity index (χ2n) is 6.43. The van der Waals surface area contributed by atoms with Crippen LogP contribution in [-0.4, -0.2) is 93.8 Å². The third-order valence-electron chi connectivity index (χ3n) is 3.87. The minimum Gasteiger partial charge on any atom is -0.480 e. The monoisotopic (exact) mass is 451 g/mol. The molecule has 10 N–H and O–H groups in total. The van der Waals surface area contributed by atoms with Crippen LogP contribution in [0.2, 0.25) is 0 Å². The number of thioether (sulfide) groups is 1. The maximum Gasteiger partial charge on any atom is 0.328 e. The van der Waals surface area contributed by atoms with Gasteiger partial charge in [0.2, 0.25) is 23.6 Å². The van der Waals surface area contributed by atoms with Crippen molar-refractivity contribution in [2.45, 2.75) is 50.0 Å². The Bertz CT molecular complexity index is 633. The van der Waals surface area contributed by atoms with Crippen LogP contribution in [0.15, 0.2) is 0 Å². The minimum atomic E-state index is -1.67. The lowest BCUT2D eigenvalue weighted by molar-refractivity contribution is -0.143. The van der Waals surface area contributed by atoms with Gasteiger partial charge in [-0.3, -0.25) is 19.2 Å². The quantitative estimate of drug-likeness (QED) is 0.127. The molecule has 0 saturated carbocycles. The third-order valence-corrected chi connectivity index (χ3v) is 4.51. The van der Waals surface area contributed by atoms with Crippen LogP contribution in [0.5, 0.6) is 0 Å². The van der Waals surface area contributed by atoms with Crippen LogP contribution < -0.4 is 27.4 Å². The largest absolute Gasteiger partial charge is 0.480 e. The van der Waals surface area contributed by atoms with Crippen molar-refractivity contribution in [2.75, 3.05) is 18.6 Å². The first kappa shape index (κ1) is 27.6. The predicted molar refractivity (Wildman–Crippen MR) is 107 cm³/mol. The summed E-state index contributed by atoms with van der Waals surface area (Å²) in [6.07, 6.45) is 0.0733. The zero-order valence-corrected chi connectivity index (χ0v) is 17.5. The molecule has 0 saturated heterocycles. The van der Waals surface area contributed by atoms with Crippen LogP contribution in [0.3, 0.4) is 0 Å². The summed E-state index contributed by atoms with van der Waals surface area (Å²) in [5.41, 5.74) is 10.8. The highest BCUT2D eigenvalue weighted by Crippen LogP contribution is 2.02. The van der Waals surface area contributed by atoms with Gasteiger partial charge in [0.15, 0.2) is 0 Å². The van der Waals surface area contributed by atoms with Gasteiger partial charge in [0.1, 0.15) is 18.1 Å². The number of carbonyl (C=O) groups is 5. The Morgan fingerprint density at radius 2 is 1.57 bits per heavy atom. The van der Waals surface area contributed by atoms with Crippen molar-refractivity contribution in [1.29, 1.82) is 0 Å². The average Bonchev–Trinajstić information content (AvgIpc) is 2.66. The number of primary amides is 1. The Labute approximate surface area is 177 Å². The Morgan fingerprint density at radius 1 is 1.00 bits per heavy atom. The zero-order valence-electron chi connectivity index (χ0n) is 16.7. The van der Waals surface area contributed by atoms with E-state index in [1.165, 1.54) is 18.7 Å². The highest BCUT2D eigenvalue weighted by Gasteiger charge is 2.32. The molecule has 172 valence electrons. The topological polar surface area (TPSA) is 234 Å². The van der Waals surface area contributed by atoms with Crippen molar-refractivity contribution < 1.29 is 39.3 Å². The fraction of sp³-hybridized carbons (Fsp3) is 0.688. The molecule has 0 aliphatic rings. The maximum absolute atomic E-state index is 12.5. The SMILES string of the molecule is CSCCC(N)C(=O)NC(C(=O)NC(CC(N)=O)C(=O)NC(CO)C(=O)O)C(C)O. The number of carboxylic acids is 1. The number of rotatable bonds is 14. The van der Waals surface area contributed by atoms with Gasteiger partial charge in [0.05, 0.1) is 25.2 Å². The number of hydrogen-bond donors (Lipinski definition) is 8. The molecular formula is C16H29N5O8S. The number of nitrogens with two attached hydrogens (primary N) is 2. The smallest absolute Gasteiger partial charge is 0.328 e. The van der Waals surface area contributed by atoms with Gasteiger partial charge in [-0.1, -0.05) is 0 Å². The van der Waals surface area contributed by atoms with Crippen LogP contribution in [-0.2, 0) is 24.0 Å². The molecule has 4 amide bonds. The van der Waals surface area contributed by atoms with Crippen molar-refractivity contribution in [3.63, 3.8) is 0 Å². The van der Waals surface area contributed by atoms with Crippen molar-refractivity contribution in [3.8, 4) is 0 Å². The van der Waals surface area contributed by atoms with Crippen molar-refractivity contribution in [2.24, 2.45) is 11.5 Å². The number of nitrogens with one attached hydrogen (secondary N) is 3. The fourth-order valence-electron chi connectivity index (χ4n) is 2.17. The molecule has 5 atom stereocenters. The summed E-state index contributed by atoms with van der Waals surface area (Å²) >= 11 is 1.47. The van der Waals surface area contributed by atoms with Crippen molar-refractivity contribution >= 4 is 41.4 Å². The second-order valence-corrected chi connectivity index (χ2v) is 7.41. The normalized spacial score (nSPS) is 15.8. The van der Waals surface area contributed by atoms with Gasteiger partial charge in [0, 0.05) is 0 Å². The Morgan fingerprint density at radius 3 is 2.00 bits per heavy atom. The predicted octanol–water partition coefficient (Wildman–Crippen LogP) is -4.15. The molecule has 0 aliphatic carbocycles. The van der Waals surface area contributed by atoms with E-state index in [1.807, 2.05) is 11.6 Å². The molecule has 14 heteroatoms. The third kappa shape index (κ3) is 9.87. The lowest BCUT2D eigenvalue weighted by atomic mass is 10.1. The maximum atomic E-state index is 12.5. The summed E-state index contributed by atoms with van der Waals surface area (Å²) < 4.78 is 0. The van der Waals surface area contributed by atoms with Gasteiger partial charge < -0.3 is 42.7 Å². The lowest BCUT2D eigenvalue weighted by Gasteiger charge is -2.25. The highest BCUT2D eigenvalue weighted by atomic mass is 32.2. The number of carboxylic acid groups (broad SMARTS) is 1. The van der Waals surface area contributed by atoms with E-state index in [9.17, 15) is 29.1 Å². The number of aliphatic hydroxyl groups excluding tert-OH is 2. The minimum absolute atomic E-state index is 0.325. The molecule has 0 aromatic carbocycles. The zero-order chi connectivity index (χ0) is 23.4. The van der Waals surface area contributed by atoms with Crippen LogP contribution >= 0.6 is 11.8 Å². The molecule has 0 radical (unpaired) electrons. The number of aliphatic carboxylic acids is 1. The van der Waals surface area contributed by atoms with Gasteiger partial charge in [-0.15, -0.1) is 0 Å². The molecule has 5 unspecified atom stereocenters. The highest BCUT2D eigenvalue weighted by molar-refractivity contribution is 7.98. The molecule has 0 aromatic rings. The van der Waals surface area contributed by atoms with Crippen LogP contribution in [0.4, 0.5) is 0 Å². The second kappa shape index (κ2) is 13.7. The van der Waals surface area contributed by atoms with Gasteiger partial charge in [-0.2, -0.15) is 11.8 Å². The van der Waals surface area contributed by atoms with Crippen LogP contribution in [0.25, 0.3) is 0 Å². The summed E-state index contributed by atoms with van der Waals surface area (Å²) in [7, 11) is 0. The summed E-state index contributed by atoms with van der Waals surface area (Å²) in [6.45, 7) is 0.284. The van der Waals surface area contributed by atoms with Gasteiger partial charge >= 0.3 is 5.97 Å². The van der Waals surface area contributed by atoms with E-state index in [4.69, 9.17) is 21.7 Å². The Balaban J connectivity index is 5.31. The van der Waals surface area contributed by atoms with E-state index in [1.54, 1.807) is 0 Å². The van der Waals surface area contributed by atoms with E-state index in [-0.39, 0.29) is 0 Å². The van der Waals surface area contributed by atoms with E-state index in [2.05, 4.69) is 10.6 Å². The summed E-state index contributed by atoms with van der Waals surface area (Å²) in [4.78, 5) is 59.1. The Kier molecular flexibility index (Phi) is 12.6.